The zero-order valence-electron chi connectivity index (χ0n) is 14.6. The molecule has 1 aromatic heterocycles. The van der Waals surface area contributed by atoms with Crippen molar-refractivity contribution in [1.29, 1.82) is 0 Å². The van der Waals surface area contributed by atoms with Crippen molar-refractivity contribution in [2.45, 2.75) is 12.8 Å². The van der Waals surface area contributed by atoms with Crippen molar-refractivity contribution in [3.05, 3.63) is 40.9 Å². The van der Waals surface area contributed by atoms with Gasteiger partial charge in [-0.3, -0.25) is 19.3 Å². The molecule has 27 heavy (non-hydrogen) atoms. The molecule has 140 valence electrons. The number of anilines is 1. The summed E-state index contributed by atoms with van der Waals surface area (Å²) in [4.78, 5) is 39.6. The lowest BCUT2D eigenvalue weighted by molar-refractivity contribution is -0.141. The number of nitrogens with zero attached hydrogens (tertiary/aromatic N) is 4. The van der Waals surface area contributed by atoms with Crippen LogP contribution >= 0.6 is 11.3 Å². The number of aromatic nitrogens is 2. The molecule has 0 radical (unpaired) electrons. The van der Waals surface area contributed by atoms with Crippen LogP contribution in [0, 0.1) is 5.92 Å². The molecule has 4 rings (SSSR count). The van der Waals surface area contributed by atoms with Gasteiger partial charge in [-0.2, -0.15) is 0 Å². The maximum atomic E-state index is 12.6. The Kier molecular flexibility index (Phi) is 4.85. The van der Waals surface area contributed by atoms with Gasteiger partial charge in [0.25, 0.3) is 0 Å². The van der Waals surface area contributed by atoms with Crippen molar-refractivity contribution < 1.29 is 14.4 Å². The molecule has 2 fully saturated rings. The van der Waals surface area contributed by atoms with E-state index in [2.05, 4.69) is 15.5 Å². The molecule has 1 unspecified atom stereocenters. The number of carbonyl (C=O) groups excluding carboxylic acids is 3. The van der Waals surface area contributed by atoms with Crippen LogP contribution in [-0.4, -0.2) is 59.0 Å². The van der Waals surface area contributed by atoms with Crippen molar-refractivity contribution in [2.75, 3.05) is 31.1 Å². The van der Waals surface area contributed by atoms with Crippen LogP contribution in [0.5, 0.6) is 0 Å². The van der Waals surface area contributed by atoms with E-state index >= 15 is 0 Å². The van der Waals surface area contributed by atoms with Crippen molar-refractivity contribution in [3.8, 4) is 0 Å². The first-order valence-corrected chi connectivity index (χ1v) is 9.64. The van der Waals surface area contributed by atoms with Gasteiger partial charge in [0.2, 0.25) is 22.9 Å². The van der Waals surface area contributed by atoms with Crippen molar-refractivity contribution in [1.82, 2.24) is 20.4 Å². The standard InChI is InChI=1S/C18H19N5O3S/c24-14-11-22(7-6-19-14)17(26)13-9-16(25)23(10-13)18-21-20-15(27-18)8-12-4-2-1-3-5-12/h1-5,13H,6-11H2,(H,19,24). The molecule has 8 nitrogen and oxygen atoms in total. The lowest BCUT2D eigenvalue weighted by atomic mass is 10.1. The third-order valence-electron chi connectivity index (χ3n) is 4.71. The van der Waals surface area contributed by atoms with Crippen LogP contribution in [0.15, 0.2) is 30.3 Å². The largest absolute Gasteiger partial charge is 0.353 e. The first kappa shape index (κ1) is 17.6. The van der Waals surface area contributed by atoms with Gasteiger partial charge in [0.1, 0.15) is 5.01 Å². The van der Waals surface area contributed by atoms with Crippen LogP contribution in [0.25, 0.3) is 0 Å². The molecule has 1 atom stereocenters. The van der Waals surface area contributed by atoms with Gasteiger partial charge in [-0.05, 0) is 5.56 Å². The molecule has 1 N–H and O–H groups in total. The predicted molar refractivity (Wildman–Crippen MR) is 99.2 cm³/mol. The molecule has 2 aliphatic heterocycles. The number of hydrogen-bond acceptors (Lipinski definition) is 6. The van der Waals surface area contributed by atoms with Gasteiger partial charge in [-0.15, -0.1) is 10.2 Å². The highest BCUT2D eigenvalue weighted by atomic mass is 32.1. The average molecular weight is 385 g/mol. The molecule has 2 saturated heterocycles. The topological polar surface area (TPSA) is 95.5 Å². The molecule has 9 heteroatoms. The number of rotatable bonds is 4. The first-order valence-electron chi connectivity index (χ1n) is 8.82. The second-order valence-electron chi connectivity index (χ2n) is 6.66. The van der Waals surface area contributed by atoms with E-state index in [9.17, 15) is 14.4 Å². The van der Waals surface area contributed by atoms with Crippen molar-refractivity contribution >= 4 is 34.2 Å². The monoisotopic (exact) mass is 385 g/mol. The first-order chi connectivity index (χ1) is 13.1. The second-order valence-corrected chi connectivity index (χ2v) is 7.70. The van der Waals surface area contributed by atoms with Crippen LogP contribution < -0.4 is 10.2 Å². The Labute approximate surface area is 160 Å². The second kappa shape index (κ2) is 7.43. The number of hydrogen-bond donors (Lipinski definition) is 1. The maximum Gasteiger partial charge on any atom is 0.239 e. The summed E-state index contributed by atoms with van der Waals surface area (Å²) >= 11 is 1.37. The minimum absolute atomic E-state index is 0.0591. The number of benzene rings is 1. The highest BCUT2D eigenvalue weighted by Crippen LogP contribution is 2.29. The van der Waals surface area contributed by atoms with E-state index in [-0.39, 0.29) is 37.2 Å². The Morgan fingerprint density at radius 1 is 1.22 bits per heavy atom. The molecular weight excluding hydrogens is 366 g/mol. The Balaban J connectivity index is 1.42. The molecule has 2 aromatic rings. The van der Waals surface area contributed by atoms with E-state index in [1.165, 1.54) is 16.2 Å². The molecule has 1 aromatic carbocycles. The minimum atomic E-state index is -0.440. The van der Waals surface area contributed by atoms with Gasteiger partial charge in [0.15, 0.2) is 0 Å². The Hall–Kier alpha value is -2.81. The molecule has 3 amide bonds. The Morgan fingerprint density at radius 3 is 2.81 bits per heavy atom. The summed E-state index contributed by atoms with van der Waals surface area (Å²) in [6.45, 7) is 1.28. The number of amides is 3. The zero-order valence-corrected chi connectivity index (χ0v) is 15.4. The molecule has 2 aliphatic rings. The zero-order chi connectivity index (χ0) is 18.8. The van der Waals surface area contributed by atoms with Crippen LogP contribution in [0.3, 0.4) is 0 Å². The van der Waals surface area contributed by atoms with Crippen molar-refractivity contribution in [2.24, 2.45) is 5.92 Å². The predicted octanol–water partition coefficient (Wildman–Crippen LogP) is 0.440. The molecular formula is C18H19N5O3S. The van der Waals surface area contributed by atoms with Gasteiger partial charge in [0, 0.05) is 32.5 Å². The SMILES string of the molecule is O=C1CN(C(=O)C2CC(=O)N(c3nnc(Cc4ccccc4)s3)C2)CCN1. The molecule has 0 bridgehead atoms. The number of carbonyl (C=O) groups is 3. The summed E-state index contributed by atoms with van der Waals surface area (Å²) in [7, 11) is 0. The third-order valence-corrected chi connectivity index (χ3v) is 5.66. The van der Waals surface area contributed by atoms with E-state index in [0.717, 1.165) is 10.6 Å². The fourth-order valence-corrected chi connectivity index (χ4v) is 4.24. The summed E-state index contributed by atoms with van der Waals surface area (Å²) < 4.78 is 0. The van der Waals surface area contributed by atoms with Gasteiger partial charge < -0.3 is 10.2 Å². The van der Waals surface area contributed by atoms with Crippen LogP contribution in [0.1, 0.15) is 17.0 Å². The van der Waals surface area contributed by atoms with Gasteiger partial charge in [0.05, 0.1) is 12.5 Å². The van der Waals surface area contributed by atoms with E-state index in [1.807, 2.05) is 30.3 Å². The van der Waals surface area contributed by atoms with Gasteiger partial charge >= 0.3 is 0 Å². The average Bonchev–Trinajstić information content (AvgIpc) is 3.28. The lowest BCUT2D eigenvalue weighted by Gasteiger charge is -2.28. The van der Waals surface area contributed by atoms with Crippen molar-refractivity contribution in [3.63, 3.8) is 0 Å². The van der Waals surface area contributed by atoms with E-state index in [1.54, 1.807) is 4.90 Å². The fourth-order valence-electron chi connectivity index (χ4n) is 3.34. The van der Waals surface area contributed by atoms with Gasteiger partial charge in [-0.1, -0.05) is 41.7 Å². The quantitative estimate of drug-likeness (QED) is 0.824. The lowest BCUT2D eigenvalue weighted by Crippen LogP contribution is -2.51. The van der Waals surface area contributed by atoms with E-state index < -0.39 is 5.92 Å². The van der Waals surface area contributed by atoms with E-state index in [4.69, 9.17) is 0 Å². The maximum absolute atomic E-state index is 12.6. The molecule has 0 saturated carbocycles. The Morgan fingerprint density at radius 2 is 2.04 bits per heavy atom. The van der Waals surface area contributed by atoms with Crippen LogP contribution in [-0.2, 0) is 20.8 Å². The highest BCUT2D eigenvalue weighted by molar-refractivity contribution is 7.15. The van der Waals surface area contributed by atoms with Gasteiger partial charge in [-0.25, -0.2) is 0 Å². The molecule has 0 spiro atoms. The van der Waals surface area contributed by atoms with Crippen LogP contribution in [0.4, 0.5) is 5.13 Å². The minimum Gasteiger partial charge on any atom is -0.353 e. The summed E-state index contributed by atoms with van der Waals surface area (Å²) in [6, 6.07) is 9.94. The Bertz CT molecular complexity index is 869. The molecule has 3 heterocycles. The summed E-state index contributed by atoms with van der Waals surface area (Å²) in [5.74, 6) is -0.873. The third kappa shape index (κ3) is 3.82. The smallest absolute Gasteiger partial charge is 0.239 e. The van der Waals surface area contributed by atoms with Crippen LogP contribution in [0.2, 0.25) is 0 Å². The normalized spacial score (nSPS) is 20.1. The number of piperazine rings is 1. The highest BCUT2D eigenvalue weighted by Gasteiger charge is 2.39. The summed E-state index contributed by atoms with van der Waals surface area (Å²) in [6.07, 6.45) is 0.802. The van der Waals surface area contributed by atoms with E-state index in [0.29, 0.717) is 24.6 Å². The fraction of sp³-hybridized carbons (Fsp3) is 0.389. The summed E-state index contributed by atoms with van der Waals surface area (Å²) in [5, 5.41) is 12.4. The molecule has 0 aliphatic carbocycles. The summed E-state index contributed by atoms with van der Waals surface area (Å²) in [5.41, 5.74) is 1.13. The number of nitrogens with one attached hydrogen (secondary N) is 1.